The first-order valence-electron chi connectivity index (χ1n) is 7.68. The lowest BCUT2D eigenvalue weighted by molar-refractivity contribution is 0.230. The first-order valence-corrected chi connectivity index (χ1v) is 7.68. The molecule has 0 aromatic rings. The van der Waals surface area contributed by atoms with Gasteiger partial charge in [0.25, 0.3) is 0 Å². The number of nitrogens with one attached hydrogen (secondary N) is 1. The highest BCUT2D eigenvalue weighted by Crippen LogP contribution is 2.42. The molecular formula is C16H33N. The average Bonchev–Trinajstić information content (AvgIpc) is 2.65. The Morgan fingerprint density at radius 3 is 2.29 bits per heavy atom. The fraction of sp³-hybridized carbons (Fsp3) is 1.00. The molecule has 1 aliphatic carbocycles. The van der Waals surface area contributed by atoms with Crippen molar-refractivity contribution in [2.45, 2.75) is 79.1 Å². The minimum absolute atomic E-state index is 0.511. The van der Waals surface area contributed by atoms with Crippen LogP contribution >= 0.6 is 0 Å². The molecule has 1 heteroatoms. The van der Waals surface area contributed by atoms with Gasteiger partial charge in [0, 0.05) is 6.54 Å². The predicted octanol–water partition coefficient (Wildman–Crippen LogP) is 4.76. The summed E-state index contributed by atoms with van der Waals surface area (Å²) in [4.78, 5) is 0. The molecule has 0 atom stereocenters. The smallest absolute Gasteiger partial charge is 0.000780 e. The van der Waals surface area contributed by atoms with Gasteiger partial charge in [-0.2, -0.15) is 0 Å². The first-order chi connectivity index (χ1) is 7.97. The van der Waals surface area contributed by atoms with Crippen molar-refractivity contribution in [3.05, 3.63) is 0 Å². The zero-order valence-corrected chi connectivity index (χ0v) is 12.6. The van der Waals surface area contributed by atoms with Crippen molar-refractivity contribution in [1.82, 2.24) is 5.32 Å². The van der Waals surface area contributed by atoms with E-state index >= 15 is 0 Å². The van der Waals surface area contributed by atoms with Gasteiger partial charge in [-0.3, -0.25) is 0 Å². The van der Waals surface area contributed by atoms with E-state index in [4.69, 9.17) is 0 Å². The Balaban J connectivity index is 2.32. The summed E-state index contributed by atoms with van der Waals surface area (Å²) in [7, 11) is 0. The highest BCUT2D eigenvalue weighted by molar-refractivity contribution is 4.87. The fourth-order valence-electron chi connectivity index (χ4n) is 3.16. The third-order valence-electron chi connectivity index (χ3n) is 4.22. The Morgan fingerprint density at radius 2 is 1.76 bits per heavy atom. The third kappa shape index (κ3) is 5.90. The molecule has 0 heterocycles. The van der Waals surface area contributed by atoms with Crippen LogP contribution in [-0.4, -0.2) is 13.1 Å². The van der Waals surface area contributed by atoms with Gasteiger partial charge in [0.2, 0.25) is 0 Å². The second-order valence-corrected chi connectivity index (χ2v) is 7.30. The SMILES string of the molecule is CCCNCC1(CCCC(C)(C)C)CCCC1. The van der Waals surface area contributed by atoms with E-state index in [1.807, 2.05) is 0 Å². The molecule has 0 aromatic carbocycles. The summed E-state index contributed by atoms with van der Waals surface area (Å²) in [6, 6.07) is 0. The van der Waals surface area contributed by atoms with Crippen LogP contribution in [0, 0.1) is 10.8 Å². The molecule has 0 amide bonds. The Labute approximate surface area is 109 Å². The van der Waals surface area contributed by atoms with Gasteiger partial charge in [-0.05, 0) is 49.5 Å². The van der Waals surface area contributed by atoms with Crippen LogP contribution in [0.25, 0.3) is 0 Å². The van der Waals surface area contributed by atoms with Gasteiger partial charge >= 0.3 is 0 Å². The molecule has 1 aliphatic rings. The van der Waals surface area contributed by atoms with E-state index in [0.29, 0.717) is 10.8 Å². The highest BCUT2D eigenvalue weighted by Gasteiger charge is 2.32. The quantitative estimate of drug-likeness (QED) is 0.631. The van der Waals surface area contributed by atoms with Crippen LogP contribution in [-0.2, 0) is 0 Å². The summed E-state index contributed by atoms with van der Waals surface area (Å²) in [6.07, 6.45) is 11.4. The van der Waals surface area contributed by atoms with Crippen LogP contribution in [0.5, 0.6) is 0 Å². The average molecular weight is 239 g/mol. The molecule has 0 radical (unpaired) electrons. The summed E-state index contributed by atoms with van der Waals surface area (Å²) in [5.41, 5.74) is 1.16. The van der Waals surface area contributed by atoms with E-state index in [2.05, 4.69) is 33.0 Å². The van der Waals surface area contributed by atoms with E-state index in [0.717, 1.165) is 0 Å². The molecule has 0 bridgehead atoms. The van der Waals surface area contributed by atoms with E-state index in [9.17, 15) is 0 Å². The Hall–Kier alpha value is -0.0400. The lowest BCUT2D eigenvalue weighted by atomic mass is 9.78. The van der Waals surface area contributed by atoms with Crippen LogP contribution < -0.4 is 5.32 Å². The third-order valence-corrected chi connectivity index (χ3v) is 4.22. The van der Waals surface area contributed by atoms with Crippen molar-refractivity contribution < 1.29 is 0 Å². The maximum Gasteiger partial charge on any atom is 0.000780 e. The van der Waals surface area contributed by atoms with E-state index < -0.39 is 0 Å². The summed E-state index contributed by atoms with van der Waals surface area (Å²) < 4.78 is 0. The van der Waals surface area contributed by atoms with E-state index in [1.165, 1.54) is 64.5 Å². The molecule has 1 saturated carbocycles. The first kappa shape index (κ1) is 15.0. The zero-order chi connectivity index (χ0) is 12.8. The second kappa shape index (κ2) is 6.78. The summed E-state index contributed by atoms with van der Waals surface area (Å²) in [5, 5.41) is 3.67. The lowest BCUT2D eigenvalue weighted by Crippen LogP contribution is -2.32. The predicted molar refractivity (Wildman–Crippen MR) is 77.4 cm³/mol. The maximum absolute atomic E-state index is 3.67. The van der Waals surface area contributed by atoms with Crippen molar-refractivity contribution in [2.75, 3.05) is 13.1 Å². The molecule has 0 aliphatic heterocycles. The molecule has 1 rings (SSSR count). The van der Waals surface area contributed by atoms with E-state index in [-0.39, 0.29) is 0 Å². The molecule has 1 N–H and O–H groups in total. The van der Waals surface area contributed by atoms with Crippen LogP contribution in [0.15, 0.2) is 0 Å². The second-order valence-electron chi connectivity index (χ2n) is 7.30. The normalized spacial score (nSPS) is 19.8. The maximum atomic E-state index is 3.67. The highest BCUT2D eigenvalue weighted by atomic mass is 14.9. The molecule has 0 aromatic heterocycles. The van der Waals surface area contributed by atoms with Crippen molar-refractivity contribution in [3.8, 4) is 0 Å². The summed E-state index contributed by atoms with van der Waals surface area (Å²) in [6.45, 7) is 11.8. The fourth-order valence-corrected chi connectivity index (χ4v) is 3.16. The molecule has 0 saturated heterocycles. The molecule has 17 heavy (non-hydrogen) atoms. The monoisotopic (exact) mass is 239 g/mol. The Morgan fingerprint density at radius 1 is 1.12 bits per heavy atom. The van der Waals surface area contributed by atoms with Crippen molar-refractivity contribution in [1.29, 1.82) is 0 Å². The summed E-state index contributed by atoms with van der Waals surface area (Å²) >= 11 is 0. The molecule has 102 valence electrons. The zero-order valence-electron chi connectivity index (χ0n) is 12.6. The molecule has 1 fully saturated rings. The number of hydrogen-bond donors (Lipinski definition) is 1. The van der Waals surface area contributed by atoms with Crippen molar-refractivity contribution >= 4 is 0 Å². The molecule has 0 spiro atoms. The van der Waals surface area contributed by atoms with E-state index in [1.54, 1.807) is 0 Å². The Bertz CT molecular complexity index is 196. The molecule has 1 nitrogen and oxygen atoms in total. The molecular weight excluding hydrogens is 206 g/mol. The number of rotatable bonds is 7. The minimum atomic E-state index is 0.511. The number of hydrogen-bond acceptors (Lipinski definition) is 1. The van der Waals surface area contributed by atoms with Crippen molar-refractivity contribution in [3.63, 3.8) is 0 Å². The van der Waals surface area contributed by atoms with Gasteiger partial charge in [-0.1, -0.05) is 47.0 Å². The minimum Gasteiger partial charge on any atom is -0.316 e. The molecule has 0 unspecified atom stereocenters. The van der Waals surface area contributed by atoms with Gasteiger partial charge in [0.1, 0.15) is 0 Å². The largest absolute Gasteiger partial charge is 0.316 e. The van der Waals surface area contributed by atoms with Gasteiger partial charge in [0.05, 0.1) is 0 Å². The van der Waals surface area contributed by atoms with Crippen molar-refractivity contribution in [2.24, 2.45) is 10.8 Å². The summed E-state index contributed by atoms with van der Waals surface area (Å²) in [5.74, 6) is 0. The van der Waals surface area contributed by atoms with Crippen LogP contribution in [0.4, 0.5) is 0 Å². The van der Waals surface area contributed by atoms with Gasteiger partial charge in [-0.25, -0.2) is 0 Å². The van der Waals surface area contributed by atoms with Gasteiger partial charge in [-0.15, -0.1) is 0 Å². The standard InChI is InChI=1S/C16H33N/c1-5-13-17-14-16(10-6-7-11-16)12-8-9-15(2,3)4/h17H,5-14H2,1-4H3. The van der Waals surface area contributed by atoms with Crippen LogP contribution in [0.1, 0.15) is 79.1 Å². The van der Waals surface area contributed by atoms with Gasteiger partial charge in [0.15, 0.2) is 0 Å². The van der Waals surface area contributed by atoms with Gasteiger partial charge < -0.3 is 5.32 Å². The van der Waals surface area contributed by atoms with Crippen LogP contribution in [0.2, 0.25) is 0 Å². The lowest BCUT2D eigenvalue weighted by Gasteiger charge is -2.31. The Kier molecular flexibility index (Phi) is 5.99. The topological polar surface area (TPSA) is 12.0 Å². The van der Waals surface area contributed by atoms with Crippen LogP contribution in [0.3, 0.4) is 0 Å².